The van der Waals surface area contributed by atoms with Gasteiger partial charge in [0.2, 0.25) is 0 Å². The first-order valence-corrected chi connectivity index (χ1v) is 9.55. The Hall–Kier alpha value is -0.410. The van der Waals surface area contributed by atoms with Crippen molar-refractivity contribution in [2.75, 3.05) is 19.9 Å². The number of ketones is 1. The lowest BCUT2D eigenvalue weighted by molar-refractivity contribution is -0.117. The van der Waals surface area contributed by atoms with Crippen molar-refractivity contribution in [2.45, 2.75) is 97.3 Å². The highest BCUT2D eigenvalue weighted by atomic mass is 16.5. The van der Waals surface area contributed by atoms with Gasteiger partial charge in [-0.1, -0.05) is 77.6 Å². The molecule has 0 spiro atoms. The number of Topliss-reactive ketones (excluding diaryl/α,β-unsaturated/α-hetero) is 1. The monoisotopic (exact) mass is 313 g/mol. The minimum absolute atomic E-state index is 0.345. The summed E-state index contributed by atoms with van der Waals surface area (Å²) in [6, 6.07) is 0. The van der Waals surface area contributed by atoms with Crippen molar-refractivity contribution in [2.24, 2.45) is 0 Å². The number of hydrogen-bond acceptors (Lipinski definition) is 3. The molecule has 1 aliphatic heterocycles. The summed E-state index contributed by atoms with van der Waals surface area (Å²) in [7, 11) is 0. The molecular weight excluding hydrogens is 274 g/mol. The van der Waals surface area contributed by atoms with Crippen molar-refractivity contribution in [3.05, 3.63) is 0 Å². The number of nitrogens with one attached hydrogen (secondary N) is 1. The van der Waals surface area contributed by atoms with E-state index in [1.165, 1.54) is 70.6 Å². The van der Waals surface area contributed by atoms with E-state index < -0.39 is 0 Å². The number of carbonyl (C=O) groups excluding carboxylic acids is 1. The molecule has 0 aromatic rings. The molecule has 3 heteroatoms. The molecule has 132 valence electrons. The number of unbranched alkanes of at least 4 members (excludes halogenated alkanes) is 11. The lowest BCUT2D eigenvalue weighted by atomic mass is 10.0. The number of ether oxygens (including phenoxy) is 1. The standard InChI is InChI=1S/C16H32O.C3H7NO/c1-3-4-5-6-7-8-9-10-11-12-13-14-15-16(2)17;1-2-5-3-4-1/h3-15H2,1-2H3;4H,1-3H2. The Morgan fingerprint density at radius 3 is 1.68 bits per heavy atom. The van der Waals surface area contributed by atoms with Crippen LogP contribution in [0.4, 0.5) is 0 Å². The molecular formula is C19H39NO2. The van der Waals surface area contributed by atoms with Crippen LogP contribution in [-0.2, 0) is 9.53 Å². The summed E-state index contributed by atoms with van der Waals surface area (Å²) in [6.45, 7) is 6.63. The smallest absolute Gasteiger partial charge is 0.129 e. The van der Waals surface area contributed by atoms with Gasteiger partial charge in [-0.3, -0.25) is 5.32 Å². The summed E-state index contributed by atoms with van der Waals surface area (Å²) in [4.78, 5) is 10.7. The van der Waals surface area contributed by atoms with Crippen LogP contribution in [0.25, 0.3) is 0 Å². The molecule has 0 bridgehead atoms. The van der Waals surface area contributed by atoms with E-state index in [4.69, 9.17) is 4.74 Å². The normalized spacial score (nSPS) is 13.7. The van der Waals surface area contributed by atoms with Crippen LogP contribution in [0.1, 0.15) is 97.3 Å². The molecule has 0 atom stereocenters. The van der Waals surface area contributed by atoms with Crippen molar-refractivity contribution in [1.29, 1.82) is 0 Å². The predicted molar refractivity (Wildman–Crippen MR) is 95.2 cm³/mol. The van der Waals surface area contributed by atoms with Crippen molar-refractivity contribution in [3.63, 3.8) is 0 Å². The lowest BCUT2D eigenvalue weighted by Crippen LogP contribution is -2.05. The lowest BCUT2D eigenvalue weighted by Gasteiger charge is -2.02. The molecule has 0 aliphatic carbocycles. The molecule has 22 heavy (non-hydrogen) atoms. The molecule has 3 nitrogen and oxygen atoms in total. The largest absolute Gasteiger partial charge is 0.365 e. The van der Waals surface area contributed by atoms with Crippen LogP contribution in [0.15, 0.2) is 0 Å². The molecule has 1 heterocycles. The van der Waals surface area contributed by atoms with Crippen LogP contribution in [-0.4, -0.2) is 25.7 Å². The molecule has 1 fully saturated rings. The summed E-state index contributed by atoms with van der Waals surface area (Å²) in [5.74, 6) is 0.345. The maximum atomic E-state index is 10.7. The summed E-state index contributed by atoms with van der Waals surface area (Å²) < 4.78 is 4.83. The van der Waals surface area contributed by atoms with Gasteiger partial charge in [-0.15, -0.1) is 0 Å². The van der Waals surface area contributed by atoms with E-state index in [2.05, 4.69) is 12.2 Å². The second-order valence-electron chi connectivity index (χ2n) is 6.39. The van der Waals surface area contributed by atoms with E-state index in [9.17, 15) is 4.79 Å². The highest BCUT2D eigenvalue weighted by Crippen LogP contribution is 2.12. The Morgan fingerprint density at radius 2 is 1.36 bits per heavy atom. The van der Waals surface area contributed by atoms with Crippen LogP contribution in [0.2, 0.25) is 0 Å². The van der Waals surface area contributed by atoms with Gasteiger partial charge >= 0.3 is 0 Å². The third-order valence-corrected chi connectivity index (χ3v) is 4.01. The van der Waals surface area contributed by atoms with Gasteiger partial charge in [-0.25, -0.2) is 0 Å². The fourth-order valence-corrected chi connectivity index (χ4v) is 2.58. The van der Waals surface area contributed by atoms with Crippen molar-refractivity contribution in [1.82, 2.24) is 5.32 Å². The number of hydrogen-bond donors (Lipinski definition) is 1. The second kappa shape index (κ2) is 18.6. The SMILES string of the molecule is C1COCN1.CCCCCCCCCCCCCCC(C)=O. The van der Waals surface area contributed by atoms with Gasteiger partial charge in [0, 0.05) is 13.0 Å². The molecule has 0 aromatic heterocycles. The minimum Gasteiger partial charge on any atom is -0.365 e. The van der Waals surface area contributed by atoms with Crippen LogP contribution in [0.5, 0.6) is 0 Å². The molecule has 0 amide bonds. The second-order valence-corrected chi connectivity index (χ2v) is 6.39. The fraction of sp³-hybridized carbons (Fsp3) is 0.947. The van der Waals surface area contributed by atoms with Gasteiger partial charge in [0.1, 0.15) is 5.78 Å². The van der Waals surface area contributed by atoms with Gasteiger partial charge in [0.05, 0.1) is 13.3 Å². The summed E-state index contributed by atoms with van der Waals surface area (Å²) in [6.07, 6.45) is 17.1. The van der Waals surface area contributed by atoms with E-state index in [1.54, 1.807) is 6.92 Å². The highest BCUT2D eigenvalue weighted by molar-refractivity contribution is 5.75. The maximum absolute atomic E-state index is 10.7. The van der Waals surface area contributed by atoms with Gasteiger partial charge in [-0.2, -0.15) is 0 Å². The third kappa shape index (κ3) is 19.6. The molecule has 0 unspecified atom stereocenters. The first-order valence-electron chi connectivity index (χ1n) is 9.55. The van der Waals surface area contributed by atoms with E-state index in [1.807, 2.05) is 0 Å². The van der Waals surface area contributed by atoms with E-state index in [0.29, 0.717) is 5.78 Å². The number of carbonyl (C=O) groups is 1. The average Bonchev–Trinajstić information content (AvgIpc) is 3.07. The predicted octanol–water partition coefficient (Wildman–Crippen LogP) is 5.23. The Kier molecular flexibility index (Phi) is 18.3. The molecule has 0 radical (unpaired) electrons. The minimum atomic E-state index is 0.345. The molecule has 1 aliphatic rings. The third-order valence-electron chi connectivity index (χ3n) is 4.01. The molecule has 0 saturated carbocycles. The first-order chi connectivity index (χ1) is 10.8. The zero-order valence-corrected chi connectivity index (χ0v) is 15.1. The van der Waals surface area contributed by atoms with Gasteiger partial charge in [0.15, 0.2) is 0 Å². The topological polar surface area (TPSA) is 38.3 Å². The summed E-state index contributed by atoms with van der Waals surface area (Å²) in [5, 5.41) is 3.00. The van der Waals surface area contributed by atoms with Crippen LogP contribution in [0, 0.1) is 0 Å². The molecule has 0 aromatic carbocycles. The van der Waals surface area contributed by atoms with E-state index in [-0.39, 0.29) is 0 Å². The van der Waals surface area contributed by atoms with Gasteiger partial charge in [0.25, 0.3) is 0 Å². The molecule has 1 rings (SSSR count). The first kappa shape index (κ1) is 21.6. The van der Waals surface area contributed by atoms with E-state index in [0.717, 1.165) is 32.7 Å². The van der Waals surface area contributed by atoms with Crippen LogP contribution < -0.4 is 5.32 Å². The van der Waals surface area contributed by atoms with Crippen LogP contribution in [0.3, 0.4) is 0 Å². The van der Waals surface area contributed by atoms with Crippen LogP contribution >= 0.6 is 0 Å². The van der Waals surface area contributed by atoms with E-state index >= 15 is 0 Å². The summed E-state index contributed by atoms with van der Waals surface area (Å²) in [5.41, 5.74) is 0. The van der Waals surface area contributed by atoms with Gasteiger partial charge < -0.3 is 9.53 Å². The van der Waals surface area contributed by atoms with Gasteiger partial charge in [-0.05, 0) is 13.3 Å². The molecule has 1 N–H and O–H groups in total. The quantitative estimate of drug-likeness (QED) is 0.473. The Labute approximate surface area is 138 Å². The fourth-order valence-electron chi connectivity index (χ4n) is 2.58. The zero-order chi connectivity index (χ0) is 16.3. The van der Waals surface area contributed by atoms with Crippen molar-refractivity contribution < 1.29 is 9.53 Å². The van der Waals surface area contributed by atoms with Crippen molar-refractivity contribution >= 4 is 5.78 Å². The Morgan fingerprint density at radius 1 is 0.864 bits per heavy atom. The average molecular weight is 314 g/mol. The number of rotatable bonds is 13. The Bertz CT molecular complexity index is 220. The maximum Gasteiger partial charge on any atom is 0.129 e. The van der Waals surface area contributed by atoms with Crippen molar-refractivity contribution in [3.8, 4) is 0 Å². The summed E-state index contributed by atoms with van der Waals surface area (Å²) >= 11 is 0. The molecule has 1 saturated heterocycles. The zero-order valence-electron chi connectivity index (χ0n) is 15.1. The Balaban J connectivity index is 0.000000734. The highest BCUT2D eigenvalue weighted by Gasteiger charge is 1.95.